The molecule has 4 nitrogen and oxygen atoms in total. The van der Waals surface area contributed by atoms with E-state index in [-0.39, 0.29) is 12.1 Å². The van der Waals surface area contributed by atoms with Crippen molar-refractivity contribution in [1.82, 2.24) is 10.4 Å². The van der Waals surface area contributed by atoms with Gasteiger partial charge in [-0.3, -0.25) is 15.6 Å². The molecule has 0 saturated carbocycles. The van der Waals surface area contributed by atoms with Gasteiger partial charge in [-0.05, 0) is 0 Å². The summed E-state index contributed by atoms with van der Waals surface area (Å²) in [5.41, 5.74) is 0.0906. The van der Waals surface area contributed by atoms with Gasteiger partial charge in [0.1, 0.15) is 28.7 Å². The van der Waals surface area contributed by atoms with E-state index in [4.69, 9.17) is 0 Å². The van der Waals surface area contributed by atoms with E-state index < -0.39 is 58.1 Å². The Morgan fingerprint density at radius 3 is 1.83 bits per heavy atom. The highest BCUT2D eigenvalue weighted by Crippen LogP contribution is 2.21. The van der Waals surface area contributed by atoms with Crippen LogP contribution in [0.4, 0.5) is 36.4 Å². The lowest BCUT2D eigenvalue weighted by Crippen LogP contribution is -2.32. The van der Waals surface area contributed by atoms with Gasteiger partial charge in [0.05, 0.1) is 0 Å². The molecular formula is C12H4F7N3O. The molecule has 1 aromatic heterocycles. The fourth-order valence-corrected chi connectivity index (χ4v) is 1.54. The van der Waals surface area contributed by atoms with Crippen LogP contribution in [0.2, 0.25) is 0 Å². The number of carbonyl (C=O) groups excluding carboxylic acids is 1. The number of hydrogen-bond acceptors (Lipinski definition) is 3. The average Bonchev–Trinajstić information content (AvgIpc) is 2.44. The zero-order valence-electron chi connectivity index (χ0n) is 10.7. The SMILES string of the molecule is O=C(NNc1c(F)c(F)nc(F)c1F)c1c(F)cc(F)cc1F. The lowest BCUT2D eigenvalue weighted by molar-refractivity contribution is 0.0953. The van der Waals surface area contributed by atoms with Crippen LogP contribution >= 0.6 is 0 Å². The molecule has 0 saturated heterocycles. The van der Waals surface area contributed by atoms with E-state index >= 15 is 0 Å². The lowest BCUT2D eigenvalue weighted by Gasteiger charge is -2.11. The van der Waals surface area contributed by atoms with Gasteiger partial charge in [0, 0.05) is 12.1 Å². The van der Waals surface area contributed by atoms with Gasteiger partial charge in [-0.25, -0.2) is 13.2 Å². The first-order valence-electron chi connectivity index (χ1n) is 5.63. The number of hydrazine groups is 1. The van der Waals surface area contributed by atoms with E-state index in [1.54, 1.807) is 0 Å². The molecule has 1 heterocycles. The van der Waals surface area contributed by atoms with Crippen LogP contribution in [0.15, 0.2) is 12.1 Å². The third-order valence-electron chi connectivity index (χ3n) is 2.53. The summed E-state index contributed by atoms with van der Waals surface area (Å²) in [6.07, 6.45) is 0. The van der Waals surface area contributed by atoms with Crippen molar-refractivity contribution in [2.24, 2.45) is 0 Å². The maximum absolute atomic E-state index is 13.3. The van der Waals surface area contributed by atoms with Crippen LogP contribution in [0.5, 0.6) is 0 Å². The van der Waals surface area contributed by atoms with Crippen LogP contribution in [0.1, 0.15) is 10.4 Å². The molecule has 122 valence electrons. The number of nitrogens with one attached hydrogen (secondary N) is 2. The molecule has 0 bridgehead atoms. The summed E-state index contributed by atoms with van der Waals surface area (Å²) in [6, 6.07) is 0.371. The van der Waals surface area contributed by atoms with Crippen molar-refractivity contribution in [3.8, 4) is 0 Å². The Morgan fingerprint density at radius 2 is 1.35 bits per heavy atom. The van der Waals surface area contributed by atoms with Crippen molar-refractivity contribution < 1.29 is 35.5 Å². The molecule has 1 aromatic carbocycles. The summed E-state index contributed by atoms with van der Waals surface area (Å²) >= 11 is 0. The van der Waals surface area contributed by atoms with Crippen LogP contribution in [0.25, 0.3) is 0 Å². The van der Waals surface area contributed by atoms with Crippen molar-refractivity contribution >= 4 is 11.6 Å². The molecule has 2 rings (SSSR count). The van der Waals surface area contributed by atoms with Crippen LogP contribution in [0.3, 0.4) is 0 Å². The van der Waals surface area contributed by atoms with Crippen molar-refractivity contribution in [3.63, 3.8) is 0 Å². The second-order valence-corrected chi connectivity index (χ2v) is 4.02. The highest BCUT2D eigenvalue weighted by atomic mass is 19.2. The predicted molar refractivity (Wildman–Crippen MR) is 61.5 cm³/mol. The van der Waals surface area contributed by atoms with Crippen LogP contribution in [-0.2, 0) is 0 Å². The molecule has 0 aliphatic heterocycles. The number of halogens is 7. The summed E-state index contributed by atoms with van der Waals surface area (Å²) in [6.45, 7) is 0. The van der Waals surface area contributed by atoms with Crippen molar-refractivity contribution in [1.29, 1.82) is 0 Å². The number of carbonyl (C=O) groups is 1. The third-order valence-corrected chi connectivity index (χ3v) is 2.53. The molecule has 2 aromatic rings. The summed E-state index contributed by atoms with van der Waals surface area (Å²) < 4.78 is 91.5. The van der Waals surface area contributed by atoms with E-state index in [2.05, 4.69) is 4.98 Å². The largest absolute Gasteiger partial charge is 0.292 e. The molecule has 2 N–H and O–H groups in total. The molecule has 0 spiro atoms. The predicted octanol–water partition coefficient (Wildman–Crippen LogP) is 2.81. The minimum Gasteiger partial charge on any atom is -0.292 e. The first kappa shape index (κ1) is 16.5. The highest BCUT2D eigenvalue weighted by Gasteiger charge is 2.23. The number of aromatic nitrogens is 1. The van der Waals surface area contributed by atoms with Crippen molar-refractivity contribution in [2.45, 2.75) is 0 Å². The highest BCUT2D eigenvalue weighted by molar-refractivity contribution is 5.95. The standard InChI is InChI=1S/C12H4F7N3O/c13-3-1-4(14)6(5(15)2-3)12(23)22-21-9-7(16)10(18)20-11(19)8(9)17/h1-2H,(H,20,21)(H,22,23). The first-order valence-corrected chi connectivity index (χ1v) is 5.63. The van der Waals surface area contributed by atoms with Crippen molar-refractivity contribution in [3.05, 3.63) is 58.7 Å². The van der Waals surface area contributed by atoms with E-state index in [1.807, 2.05) is 0 Å². The number of amides is 1. The number of rotatable bonds is 3. The zero-order chi connectivity index (χ0) is 17.3. The molecule has 0 unspecified atom stereocenters. The van der Waals surface area contributed by atoms with Crippen molar-refractivity contribution in [2.75, 3.05) is 5.43 Å². The quantitative estimate of drug-likeness (QED) is 0.514. The van der Waals surface area contributed by atoms with Crippen LogP contribution in [-0.4, -0.2) is 10.9 Å². The van der Waals surface area contributed by atoms with E-state index in [1.165, 1.54) is 10.9 Å². The number of nitrogens with zero attached hydrogens (tertiary/aromatic N) is 1. The normalized spacial score (nSPS) is 10.6. The van der Waals surface area contributed by atoms with Gasteiger partial charge < -0.3 is 0 Å². The smallest absolute Gasteiger partial charge is 0.275 e. The van der Waals surface area contributed by atoms with E-state index in [0.717, 1.165) is 0 Å². The summed E-state index contributed by atoms with van der Waals surface area (Å²) in [4.78, 5) is 13.8. The molecule has 0 atom stereocenters. The summed E-state index contributed by atoms with van der Waals surface area (Å²) in [5.74, 6) is -14.1. The molecule has 0 radical (unpaired) electrons. The maximum atomic E-state index is 13.3. The number of benzene rings is 1. The maximum Gasteiger partial charge on any atom is 0.275 e. The van der Waals surface area contributed by atoms with Gasteiger partial charge in [0.25, 0.3) is 17.8 Å². The molecule has 0 fully saturated rings. The fraction of sp³-hybridized carbons (Fsp3) is 0. The minimum absolute atomic E-state index is 0.185. The Labute approximate surface area is 122 Å². The number of anilines is 1. The minimum atomic E-state index is -2.01. The Morgan fingerprint density at radius 1 is 0.870 bits per heavy atom. The van der Waals surface area contributed by atoms with Gasteiger partial charge in [-0.15, -0.1) is 0 Å². The second kappa shape index (κ2) is 6.10. The topological polar surface area (TPSA) is 54.0 Å². The van der Waals surface area contributed by atoms with Gasteiger partial charge in [-0.2, -0.15) is 22.5 Å². The van der Waals surface area contributed by atoms with Gasteiger partial charge in [-0.1, -0.05) is 0 Å². The Bertz CT molecular complexity index is 747. The Kier molecular flexibility index (Phi) is 4.38. The fourth-order valence-electron chi connectivity index (χ4n) is 1.54. The first-order chi connectivity index (χ1) is 10.7. The molecule has 0 aliphatic rings. The summed E-state index contributed by atoms with van der Waals surface area (Å²) in [7, 11) is 0. The van der Waals surface area contributed by atoms with Crippen LogP contribution in [0, 0.1) is 41.0 Å². The van der Waals surface area contributed by atoms with Gasteiger partial charge in [0.15, 0.2) is 0 Å². The van der Waals surface area contributed by atoms with Crippen LogP contribution < -0.4 is 10.9 Å². The molecule has 23 heavy (non-hydrogen) atoms. The zero-order valence-corrected chi connectivity index (χ0v) is 10.7. The lowest BCUT2D eigenvalue weighted by atomic mass is 10.2. The van der Waals surface area contributed by atoms with E-state index in [9.17, 15) is 35.5 Å². The Balaban J connectivity index is 2.28. The number of hydrogen-bond donors (Lipinski definition) is 2. The third kappa shape index (κ3) is 3.17. The summed E-state index contributed by atoms with van der Waals surface area (Å²) in [5, 5.41) is 0. The monoisotopic (exact) mass is 339 g/mol. The Hall–Kier alpha value is -2.85. The average molecular weight is 339 g/mol. The second-order valence-electron chi connectivity index (χ2n) is 4.02. The van der Waals surface area contributed by atoms with Gasteiger partial charge in [0.2, 0.25) is 11.6 Å². The molecule has 0 aliphatic carbocycles. The molecular weight excluding hydrogens is 335 g/mol. The number of pyridine rings is 1. The molecule has 1 amide bonds. The molecule has 11 heteroatoms. The van der Waals surface area contributed by atoms with Gasteiger partial charge >= 0.3 is 0 Å². The van der Waals surface area contributed by atoms with E-state index in [0.29, 0.717) is 0 Å².